The van der Waals surface area contributed by atoms with Crippen LogP contribution in [0, 0.1) is 5.92 Å². The number of aliphatic hydroxyl groups excluding tert-OH is 1. The maximum Gasteiger partial charge on any atom is 0.281 e. The smallest absolute Gasteiger partial charge is 0.281 e. The molecule has 4 heterocycles. The molecule has 5 rings (SSSR count). The van der Waals surface area contributed by atoms with Crippen molar-refractivity contribution in [1.82, 2.24) is 33.6 Å². The summed E-state index contributed by atoms with van der Waals surface area (Å²) in [6, 6.07) is 9.60. The zero-order valence-electron chi connectivity index (χ0n) is 29.0. The molecule has 48 heavy (non-hydrogen) atoms. The fourth-order valence-corrected chi connectivity index (χ4v) is 8.97. The molecule has 4 atom stereocenters. The van der Waals surface area contributed by atoms with Crippen molar-refractivity contribution in [3.05, 3.63) is 46.2 Å². The zero-order valence-corrected chi connectivity index (χ0v) is 29.8. The number of hydrogen-bond donors (Lipinski definition) is 3. The van der Waals surface area contributed by atoms with Gasteiger partial charge in [-0.3, -0.25) is 19.3 Å². The quantitative estimate of drug-likeness (QED) is 0.252. The first-order valence-corrected chi connectivity index (χ1v) is 18.7. The van der Waals surface area contributed by atoms with Gasteiger partial charge in [-0.1, -0.05) is 18.2 Å². The van der Waals surface area contributed by atoms with Gasteiger partial charge in [0.1, 0.15) is 5.56 Å². The van der Waals surface area contributed by atoms with Crippen LogP contribution in [-0.2, 0) is 15.0 Å². The van der Waals surface area contributed by atoms with Crippen LogP contribution in [0.3, 0.4) is 0 Å². The first-order chi connectivity index (χ1) is 22.8. The topological polar surface area (TPSA) is 148 Å². The third kappa shape index (κ3) is 8.11. The van der Waals surface area contributed by atoms with Gasteiger partial charge in [0.2, 0.25) is 5.91 Å². The molecule has 3 aliphatic rings. The molecule has 266 valence electrons. The molecule has 0 aliphatic carbocycles. The van der Waals surface area contributed by atoms with Crippen molar-refractivity contribution >= 4 is 32.9 Å². The largest absolute Gasteiger partial charge is 0.390 e. The summed E-state index contributed by atoms with van der Waals surface area (Å²) in [6.45, 7) is 8.74. The second-order valence-electron chi connectivity index (χ2n) is 14.2. The molecule has 0 saturated carbocycles. The monoisotopic (exact) mass is 687 g/mol. The number of pyridine rings is 1. The molecule has 3 saturated heterocycles. The van der Waals surface area contributed by atoms with E-state index in [4.69, 9.17) is 0 Å². The SMILES string of the molecule is CC(=O)N(CCNCC1CCN(S(=O)(=O)N(C)C)C1)CC(O)CN1C2CCC1CC(NC(=O)c1cc3ccccc3n(C(C)C)c1=O)C2. The highest BCUT2D eigenvalue weighted by Crippen LogP contribution is 2.36. The molecule has 2 aromatic rings. The highest BCUT2D eigenvalue weighted by molar-refractivity contribution is 7.86. The van der Waals surface area contributed by atoms with Crippen LogP contribution in [0.5, 0.6) is 0 Å². The van der Waals surface area contributed by atoms with Crippen molar-refractivity contribution in [3.8, 4) is 0 Å². The number of nitrogens with zero attached hydrogens (tertiary/aromatic N) is 5. The molecule has 1 aromatic heterocycles. The van der Waals surface area contributed by atoms with Crippen molar-refractivity contribution in [1.29, 1.82) is 0 Å². The zero-order chi connectivity index (χ0) is 34.7. The normalized spacial score (nSPS) is 24.1. The summed E-state index contributed by atoms with van der Waals surface area (Å²) >= 11 is 0. The third-order valence-corrected chi connectivity index (χ3v) is 12.2. The van der Waals surface area contributed by atoms with E-state index >= 15 is 0 Å². The molecule has 3 N–H and O–H groups in total. The Labute approximate surface area is 284 Å². The molecule has 2 bridgehead atoms. The minimum absolute atomic E-state index is 0.0588. The Morgan fingerprint density at radius 2 is 1.77 bits per heavy atom. The molecule has 0 radical (unpaired) electrons. The van der Waals surface area contributed by atoms with Crippen LogP contribution < -0.4 is 16.2 Å². The third-order valence-electron chi connectivity index (χ3n) is 10.3. The Bertz CT molecular complexity index is 1620. The second-order valence-corrected chi connectivity index (χ2v) is 16.4. The lowest BCUT2D eigenvalue weighted by molar-refractivity contribution is -0.130. The molecule has 4 unspecified atom stereocenters. The number of fused-ring (bicyclic) bond motifs is 3. The van der Waals surface area contributed by atoms with Crippen LogP contribution in [0.2, 0.25) is 0 Å². The number of nitrogens with one attached hydrogen (secondary N) is 2. The predicted octanol–water partition coefficient (Wildman–Crippen LogP) is 1.23. The molecule has 14 heteroatoms. The standard InChI is InChI=1S/C34H53N7O6S/c1-23(2)41-32-9-7-6-8-26(32)16-31(34(41)45)33(44)36-27-17-28-10-11-29(18-27)40(28)22-30(43)21-38(24(3)42)15-13-35-19-25-12-14-39(20-25)48(46,47)37(4)5/h6-9,16,23,25,27-30,35,43H,10-15,17-22H2,1-5H3,(H,36,44). The van der Waals surface area contributed by atoms with Gasteiger partial charge in [-0.15, -0.1) is 0 Å². The summed E-state index contributed by atoms with van der Waals surface area (Å²) < 4.78 is 29.2. The van der Waals surface area contributed by atoms with Gasteiger partial charge >= 0.3 is 0 Å². The predicted molar refractivity (Wildman–Crippen MR) is 186 cm³/mol. The van der Waals surface area contributed by atoms with Gasteiger partial charge in [-0.05, 0) is 75.9 Å². The van der Waals surface area contributed by atoms with Crippen LogP contribution in [0.15, 0.2) is 35.1 Å². The maximum absolute atomic E-state index is 13.4. The summed E-state index contributed by atoms with van der Waals surface area (Å²) in [4.78, 5) is 43.2. The fraction of sp³-hybridized carbons (Fsp3) is 0.676. The summed E-state index contributed by atoms with van der Waals surface area (Å²) in [5.41, 5.74) is 0.693. The van der Waals surface area contributed by atoms with E-state index < -0.39 is 16.3 Å². The number of aliphatic hydroxyl groups is 1. The summed E-state index contributed by atoms with van der Waals surface area (Å²) in [7, 11) is -0.323. The first kappa shape index (κ1) is 36.4. The number of hydrogen-bond acceptors (Lipinski definition) is 8. The summed E-state index contributed by atoms with van der Waals surface area (Å²) in [5.74, 6) is -0.229. The number of piperidine rings is 1. The Morgan fingerprint density at radius 3 is 2.42 bits per heavy atom. The first-order valence-electron chi connectivity index (χ1n) is 17.3. The molecule has 3 fully saturated rings. The maximum atomic E-state index is 13.4. The van der Waals surface area contributed by atoms with E-state index in [1.54, 1.807) is 29.6 Å². The Kier molecular flexibility index (Phi) is 11.6. The average Bonchev–Trinajstić information content (AvgIpc) is 3.59. The van der Waals surface area contributed by atoms with Crippen LogP contribution in [0.1, 0.15) is 69.3 Å². The fourth-order valence-electron chi connectivity index (χ4n) is 7.77. The van der Waals surface area contributed by atoms with Gasteiger partial charge in [0, 0.05) is 84.5 Å². The summed E-state index contributed by atoms with van der Waals surface area (Å²) in [6.07, 6.45) is 3.53. The molecular weight excluding hydrogens is 634 g/mol. The van der Waals surface area contributed by atoms with Gasteiger partial charge in [-0.25, -0.2) is 0 Å². The number of carbonyl (C=O) groups is 2. The second kappa shape index (κ2) is 15.3. The van der Waals surface area contributed by atoms with Crippen LogP contribution in [0.4, 0.5) is 0 Å². The lowest BCUT2D eigenvalue weighted by Crippen LogP contribution is -2.54. The van der Waals surface area contributed by atoms with Crippen LogP contribution >= 0.6 is 0 Å². The Morgan fingerprint density at radius 1 is 1.08 bits per heavy atom. The molecule has 13 nitrogen and oxygen atoms in total. The highest BCUT2D eigenvalue weighted by atomic mass is 32.2. The van der Waals surface area contributed by atoms with Crippen molar-refractivity contribution in [2.45, 2.75) is 83.1 Å². The van der Waals surface area contributed by atoms with E-state index in [-0.39, 0.29) is 59.6 Å². The highest BCUT2D eigenvalue weighted by Gasteiger charge is 2.42. The number of amides is 2. The number of carbonyl (C=O) groups excluding carboxylic acids is 2. The van der Waals surface area contributed by atoms with Gasteiger partial charge in [0.25, 0.3) is 21.7 Å². The summed E-state index contributed by atoms with van der Waals surface area (Å²) in [5, 5.41) is 18.5. The number of para-hydroxylation sites is 1. The number of aromatic nitrogens is 1. The van der Waals surface area contributed by atoms with E-state index in [0.717, 1.165) is 43.0 Å². The molecule has 1 aromatic carbocycles. The van der Waals surface area contributed by atoms with Gasteiger partial charge in [-0.2, -0.15) is 17.0 Å². The minimum atomic E-state index is -3.40. The number of benzene rings is 1. The van der Waals surface area contributed by atoms with Crippen molar-refractivity contribution in [2.75, 3.05) is 59.9 Å². The van der Waals surface area contributed by atoms with Gasteiger partial charge in [0.05, 0.1) is 11.6 Å². The van der Waals surface area contributed by atoms with Crippen molar-refractivity contribution < 1.29 is 23.1 Å². The van der Waals surface area contributed by atoms with E-state index in [1.807, 2.05) is 38.1 Å². The van der Waals surface area contributed by atoms with Gasteiger partial charge in [0.15, 0.2) is 0 Å². The Hall–Kier alpha value is -2.88. The lowest BCUT2D eigenvalue weighted by atomic mass is 9.96. The minimum Gasteiger partial charge on any atom is -0.390 e. The van der Waals surface area contributed by atoms with Crippen molar-refractivity contribution in [2.24, 2.45) is 5.92 Å². The van der Waals surface area contributed by atoms with Gasteiger partial charge < -0.3 is 25.2 Å². The van der Waals surface area contributed by atoms with Crippen LogP contribution in [0.25, 0.3) is 10.9 Å². The molecular formula is C34H53N7O6S. The number of rotatable bonds is 14. The molecule has 2 amide bonds. The Balaban J connectivity index is 1.09. The van der Waals surface area contributed by atoms with E-state index in [2.05, 4.69) is 15.5 Å². The van der Waals surface area contributed by atoms with Crippen molar-refractivity contribution in [3.63, 3.8) is 0 Å². The van der Waals surface area contributed by atoms with E-state index in [1.165, 1.54) is 15.5 Å². The molecule has 3 aliphatic heterocycles. The lowest BCUT2D eigenvalue weighted by Gasteiger charge is -2.40. The van der Waals surface area contributed by atoms with E-state index in [9.17, 15) is 27.9 Å². The van der Waals surface area contributed by atoms with E-state index in [0.29, 0.717) is 39.3 Å². The molecule has 0 spiro atoms. The van der Waals surface area contributed by atoms with Crippen LogP contribution in [-0.4, -0.2) is 132 Å². The average molecular weight is 688 g/mol.